The van der Waals surface area contributed by atoms with Crippen LogP contribution in [0.3, 0.4) is 0 Å². The van der Waals surface area contributed by atoms with E-state index in [9.17, 15) is 14.4 Å². The van der Waals surface area contributed by atoms with Crippen LogP contribution in [0.5, 0.6) is 0 Å². The van der Waals surface area contributed by atoms with E-state index in [0.717, 1.165) is 29.3 Å². The van der Waals surface area contributed by atoms with E-state index >= 15 is 0 Å². The Morgan fingerprint density at radius 2 is 2.11 bits per heavy atom. The molecule has 2 saturated heterocycles. The fourth-order valence-corrected chi connectivity index (χ4v) is 3.75. The number of carbonyl (C=O) groups is 3. The van der Waals surface area contributed by atoms with E-state index < -0.39 is 6.03 Å². The topological polar surface area (TPSA) is 100 Å². The van der Waals surface area contributed by atoms with Crippen LogP contribution in [0.25, 0.3) is 0 Å². The van der Waals surface area contributed by atoms with Crippen LogP contribution in [0.15, 0.2) is 36.8 Å². The molecule has 146 valence electrons. The molecule has 2 aromatic heterocycles. The van der Waals surface area contributed by atoms with Crippen molar-refractivity contribution in [2.75, 3.05) is 26.2 Å². The van der Waals surface area contributed by atoms with Crippen molar-refractivity contribution in [3.63, 3.8) is 0 Å². The Bertz CT molecular complexity index is 865. The maximum absolute atomic E-state index is 12.7. The predicted octanol–water partition coefficient (Wildman–Crippen LogP) is 0.584. The summed E-state index contributed by atoms with van der Waals surface area (Å²) in [6.45, 7) is 1.53. The fourth-order valence-electron chi connectivity index (χ4n) is 3.75. The Hall–Kier alpha value is -3.23. The second kappa shape index (κ2) is 7.79. The summed E-state index contributed by atoms with van der Waals surface area (Å²) in [5.74, 6) is 0.466. The molecule has 0 bridgehead atoms. The summed E-state index contributed by atoms with van der Waals surface area (Å²) in [6, 6.07) is 5.31. The van der Waals surface area contributed by atoms with Crippen molar-refractivity contribution in [3.05, 3.63) is 48.3 Å². The predicted molar refractivity (Wildman–Crippen MR) is 99.2 cm³/mol. The maximum atomic E-state index is 12.7. The monoisotopic (exact) mass is 382 g/mol. The molecule has 4 rings (SSSR count). The first-order valence-electron chi connectivity index (χ1n) is 9.38. The standard InChI is InChI=1S/C19H22N6O3/c26-16-10-22-19(28)25(16)13-17(27)23-8-3-4-14(11-23)18-21-7-9-24(18)12-15-5-1-2-6-20-15/h1-2,5-7,9,14H,3-4,8,10-13H2,(H,22,28). The van der Waals surface area contributed by atoms with Crippen molar-refractivity contribution in [1.29, 1.82) is 0 Å². The number of nitrogens with one attached hydrogen (secondary N) is 1. The van der Waals surface area contributed by atoms with Crippen molar-refractivity contribution >= 4 is 17.8 Å². The highest BCUT2D eigenvalue weighted by atomic mass is 16.2. The molecule has 2 fully saturated rings. The van der Waals surface area contributed by atoms with Gasteiger partial charge in [-0.05, 0) is 25.0 Å². The maximum Gasteiger partial charge on any atom is 0.325 e. The average molecular weight is 382 g/mol. The number of hydrogen-bond donors (Lipinski definition) is 1. The zero-order chi connectivity index (χ0) is 19.5. The molecule has 2 aliphatic heterocycles. The molecule has 28 heavy (non-hydrogen) atoms. The van der Waals surface area contributed by atoms with E-state index in [0.29, 0.717) is 19.6 Å². The van der Waals surface area contributed by atoms with Crippen LogP contribution in [0.4, 0.5) is 4.79 Å². The molecule has 1 N–H and O–H groups in total. The molecular formula is C19H22N6O3. The van der Waals surface area contributed by atoms with Gasteiger partial charge in [0.1, 0.15) is 12.4 Å². The minimum Gasteiger partial charge on any atom is -0.340 e. The van der Waals surface area contributed by atoms with Gasteiger partial charge in [-0.2, -0.15) is 0 Å². The average Bonchev–Trinajstić information content (AvgIpc) is 3.30. The third-order valence-corrected chi connectivity index (χ3v) is 5.18. The third kappa shape index (κ3) is 3.73. The van der Waals surface area contributed by atoms with Gasteiger partial charge in [0.05, 0.1) is 18.8 Å². The fraction of sp³-hybridized carbons (Fsp3) is 0.421. The molecule has 0 saturated carbocycles. The van der Waals surface area contributed by atoms with Gasteiger partial charge < -0.3 is 14.8 Å². The zero-order valence-electron chi connectivity index (χ0n) is 15.5. The van der Waals surface area contributed by atoms with Crippen LogP contribution in [-0.4, -0.2) is 68.4 Å². The molecule has 2 aliphatic rings. The second-order valence-corrected chi connectivity index (χ2v) is 7.05. The van der Waals surface area contributed by atoms with Gasteiger partial charge >= 0.3 is 6.03 Å². The minimum absolute atomic E-state index is 0.0420. The summed E-state index contributed by atoms with van der Waals surface area (Å²) in [4.78, 5) is 47.7. The highest BCUT2D eigenvalue weighted by molar-refractivity contribution is 6.04. The van der Waals surface area contributed by atoms with Gasteiger partial charge in [-0.3, -0.25) is 19.5 Å². The number of imide groups is 1. The van der Waals surface area contributed by atoms with Crippen molar-refractivity contribution in [3.8, 4) is 0 Å². The summed E-state index contributed by atoms with van der Waals surface area (Å²) in [5.41, 5.74) is 0.948. The summed E-state index contributed by atoms with van der Waals surface area (Å²) >= 11 is 0. The molecule has 9 heteroatoms. The number of imidazole rings is 1. The van der Waals surface area contributed by atoms with E-state index in [-0.39, 0.29) is 30.8 Å². The van der Waals surface area contributed by atoms with E-state index in [2.05, 4.69) is 19.9 Å². The Balaban J connectivity index is 1.43. The minimum atomic E-state index is -0.502. The number of nitrogens with zero attached hydrogens (tertiary/aromatic N) is 5. The number of likely N-dealkylation sites (tertiary alicyclic amines) is 1. The molecule has 2 aromatic rings. The van der Waals surface area contributed by atoms with Gasteiger partial charge in [0.2, 0.25) is 5.91 Å². The first-order chi connectivity index (χ1) is 13.6. The Morgan fingerprint density at radius 1 is 1.21 bits per heavy atom. The number of amides is 4. The van der Waals surface area contributed by atoms with E-state index in [1.165, 1.54) is 0 Å². The quantitative estimate of drug-likeness (QED) is 0.763. The largest absolute Gasteiger partial charge is 0.340 e. The summed E-state index contributed by atoms with van der Waals surface area (Å²) in [6.07, 6.45) is 7.26. The van der Waals surface area contributed by atoms with Crippen LogP contribution in [-0.2, 0) is 16.1 Å². The first-order valence-corrected chi connectivity index (χ1v) is 9.38. The van der Waals surface area contributed by atoms with Gasteiger partial charge in [0, 0.05) is 37.6 Å². The highest BCUT2D eigenvalue weighted by Crippen LogP contribution is 2.26. The van der Waals surface area contributed by atoms with Crippen LogP contribution in [0, 0.1) is 0 Å². The summed E-state index contributed by atoms with van der Waals surface area (Å²) in [5, 5.41) is 2.44. The lowest BCUT2D eigenvalue weighted by Crippen LogP contribution is -2.46. The number of piperidine rings is 1. The lowest BCUT2D eigenvalue weighted by Gasteiger charge is -2.33. The number of rotatable bonds is 5. The van der Waals surface area contributed by atoms with Crippen LogP contribution in [0.1, 0.15) is 30.3 Å². The Labute approximate surface area is 162 Å². The third-order valence-electron chi connectivity index (χ3n) is 5.18. The number of carbonyl (C=O) groups excluding carboxylic acids is 3. The molecule has 4 amide bonds. The number of pyridine rings is 1. The Morgan fingerprint density at radius 3 is 2.86 bits per heavy atom. The van der Waals surface area contributed by atoms with E-state index in [1.54, 1.807) is 17.3 Å². The van der Waals surface area contributed by atoms with Gasteiger partial charge in [-0.15, -0.1) is 0 Å². The molecule has 1 atom stereocenters. The van der Waals surface area contributed by atoms with Crippen LogP contribution in [0.2, 0.25) is 0 Å². The number of urea groups is 1. The normalized spacial score (nSPS) is 19.8. The van der Waals surface area contributed by atoms with Crippen molar-refractivity contribution in [2.45, 2.75) is 25.3 Å². The lowest BCUT2D eigenvalue weighted by molar-refractivity contribution is -0.137. The molecular weight excluding hydrogens is 360 g/mol. The van der Waals surface area contributed by atoms with E-state index in [1.807, 2.05) is 24.4 Å². The lowest BCUT2D eigenvalue weighted by atomic mass is 9.97. The highest BCUT2D eigenvalue weighted by Gasteiger charge is 2.33. The first kappa shape index (κ1) is 18.1. The van der Waals surface area contributed by atoms with Crippen molar-refractivity contribution in [2.24, 2.45) is 0 Å². The molecule has 0 radical (unpaired) electrons. The van der Waals surface area contributed by atoms with E-state index in [4.69, 9.17) is 0 Å². The molecule has 4 heterocycles. The van der Waals surface area contributed by atoms with Gasteiger partial charge in [0.25, 0.3) is 5.91 Å². The second-order valence-electron chi connectivity index (χ2n) is 7.05. The Kier molecular flexibility index (Phi) is 5.05. The molecule has 0 aliphatic carbocycles. The number of hydrogen-bond acceptors (Lipinski definition) is 5. The van der Waals surface area contributed by atoms with Crippen LogP contribution < -0.4 is 5.32 Å². The van der Waals surface area contributed by atoms with Crippen molar-refractivity contribution in [1.82, 2.24) is 29.7 Å². The van der Waals surface area contributed by atoms with Gasteiger partial charge in [0.15, 0.2) is 0 Å². The van der Waals surface area contributed by atoms with Crippen molar-refractivity contribution < 1.29 is 14.4 Å². The summed E-state index contributed by atoms with van der Waals surface area (Å²) < 4.78 is 2.07. The SMILES string of the molecule is O=C(CN1C(=O)CNC1=O)N1CCCC(c2nccn2Cc2ccccn2)C1. The molecule has 9 nitrogen and oxygen atoms in total. The van der Waals surface area contributed by atoms with Crippen LogP contribution >= 0.6 is 0 Å². The molecule has 1 unspecified atom stereocenters. The zero-order valence-corrected chi connectivity index (χ0v) is 15.5. The molecule has 0 aromatic carbocycles. The molecule has 0 spiro atoms. The smallest absolute Gasteiger partial charge is 0.325 e. The van der Waals surface area contributed by atoms with Gasteiger partial charge in [-0.1, -0.05) is 6.07 Å². The summed E-state index contributed by atoms with van der Waals surface area (Å²) in [7, 11) is 0. The van der Waals surface area contributed by atoms with Gasteiger partial charge in [-0.25, -0.2) is 9.78 Å². The number of aromatic nitrogens is 3.